The predicted octanol–water partition coefficient (Wildman–Crippen LogP) is 1.67. The number of nitrogens with one attached hydrogen (secondary N) is 4. The Morgan fingerprint density at radius 1 is 1.36 bits per heavy atom. The molecular formula is C20H25N7O. The lowest BCUT2D eigenvalue weighted by atomic mass is 9.68. The summed E-state index contributed by atoms with van der Waals surface area (Å²) in [6.07, 6.45) is 8.56. The van der Waals surface area contributed by atoms with Crippen molar-refractivity contribution in [3.05, 3.63) is 54.1 Å². The molecule has 1 heterocycles. The zero-order valence-electron chi connectivity index (χ0n) is 15.9. The van der Waals surface area contributed by atoms with Crippen LogP contribution >= 0.6 is 0 Å². The maximum absolute atomic E-state index is 12.4. The number of carbonyl (C=O) groups excluding carboxylic acids is 1. The normalized spacial score (nSPS) is 22.1. The van der Waals surface area contributed by atoms with Crippen molar-refractivity contribution in [2.45, 2.75) is 37.1 Å². The second-order valence-corrected chi connectivity index (χ2v) is 7.01. The molecule has 8 heteroatoms. The van der Waals surface area contributed by atoms with E-state index in [1.807, 2.05) is 18.2 Å². The first-order valence-corrected chi connectivity index (χ1v) is 9.40. The number of hydrogen-bond acceptors (Lipinski definition) is 4. The molecule has 1 amide bonds. The van der Waals surface area contributed by atoms with Crippen LogP contribution in [0, 0.1) is 11.5 Å². The fourth-order valence-corrected chi connectivity index (χ4v) is 3.80. The van der Waals surface area contributed by atoms with Crippen molar-refractivity contribution in [3.8, 4) is 6.19 Å². The molecular weight excluding hydrogens is 354 g/mol. The minimum atomic E-state index is -0.171. The van der Waals surface area contributed by atoms with E-state index in [4.69, 9.17) is 5.26 Å². The van der Waals surface area contributed by atoms with Gasteiger partial charge < -0.3 is 20.9 Å². The molecule has 1 fully saturated rings. The van der Waals surface area contributed by atoms with Crippen LogP contribution in [0.3, 0.4) is 0 Å². The summed E-state index contributed by atoms with van der Waals surface area (Å²) in [6.45, 7) is 0.556. The van der Waals surface area contributed by atoms with E-state index < -0.39 is 0 Å². The lowest BCUT2D eigenvalue weighted by Gasteiger charge is -2.41. The van der Waals surface area contributed by atoms with Crippen LogP contribution in [0.5, 0.6) is 0 Å². The number of nitriles is 1. The molecule has 0 bridgehead atoms. The Morgan fingerprint density at radius 2 is 2.11 bits per heavy atom. The van der Waals surface area contributed by atoms with Gasteiger partial charge in [-0.05, 0) is 31.2 Å². The van der Waals surface area contributed by atoms with Gasteiger partial charge in [0.2, 0.25) is 12.2 Å². The lowest BCUT2D eigenvalue weighted by Crippen LogP contribution is -2.49. The number of benzene rings is 1. The molecule has 0 radical (unpaired) electrons. The molecule has 1 aliphatic rings. The van der Waals surface area contributed by atoms with Crippen LogP contribution in [-0.4, -0.2) is 41.5 Å². The van der Waals surface area contributed by atoms with Crippen LogP contribution in [0.15, 0.2) is 47.8 Å². The average Bonchev–Trinajstić information content (AvgIpc) is 3.28. The van der Waals surface area contributed by atoms with Crippen molar-refractivity contribution in [1.29, 1.82) is 5.26 Å². The van der Waals surface area contributed by atoms with Gasteiger partial charge in [0.15, 0.2) is 0 Å². The van der Waals surface area contributed by atoms with Gasteiger partial charge >= 0.3 is 0 Å². The third-order valence-corrected chi connectivity index (χ3v) is 5.39. The number of aromatic nitrogens is 2. The number of aliphatic imine (C=N–C) groups is 1. The first-order chi connectivity index (χ1) is 13.7. The fraction of sp³-hybridized carbons (Fsp3) is 0.400. The van der Waals surface area contributed by atoms with Crippen molar-refractivity contribution in [1.82, 2.24) is 25.9 Å². The fourth-order valence-electron chi connectivity index (χ4n) is 3.80. The Kier molecular flexibility index (Phi) is 6.27. The molecule has 0 spiro atoms. The third-order valence-electron chi connectivity index (χ3n) is 5.39. The molecule has 1 aromatic heterocycles. The van der Waals surface area contributed by atoms with E-state index in [-0.39, 0.29) is 17.4 Å². The summed E-state index contributed by atoms with van der Waals surface area (Å²) in [5.74, 6) is 0.321. The first kappa shape index (κ1) is 19.4. The van der Waals surface area contributed by atoms with Gasteiger partial charge in [-0.2, -0.15) is 5.26 Å². The van der Waals surface area contributed by atoms with E-state index in [2.05, 4.69) is 43.0 Å². The molecule has 4 N–H and O–H groups in total. The molecule has 1 aromatic carbocycles. The van der Waals surface area contributed by atoms with Crippen molar-refractivity contribution >= 4 is 11.9 Å². The van der Waals surface area contributed by atoms with Crippen molar-refractivity contribution in [3.63, 3.8) is 0 Å². The molecule has 28 heavy (non-hydrogen) atoms. The van der Waals surface area contributed by atoms with Crippen LogP contribution in [0.4, 0.5) is 0 Å². The number of imidazole rings is 1. The molecule has 8 nitrogen and oxygen atoms in total. The summed E-state index contributed by atoms with van der Waals surface area (Å²) in [4.78, 5) is 23.0. The van der Waals surface area contributed by atoms with Crippen LogP contribution in [0.25, 0.3) is 0 Å². The summed E-state index contributed by atoms with van der Waals surface area (Å²) in [5, 5.41) is 18.0. The molecule has 0 saturated heterocycles. The Balaban J connectivity index is 1.70. The second kappa shape index (κ2) is 9.04. The number of guanidine groups is 1. The predicted molar refractivity (Wildman–Crippen MR) is 107 cm³/mol. The highest BCUT2D eigenvalue weighted by atomic mass is 16.1. The summed E-state index contributed by atoms with van der Waals surface area (Å²) in [5.41, 5.74) is 1.50. The highest BCUT2D eigenvalue weighted by molar-refractivity contribution is 5.92. The Morgan fingerprint density at radius 3 is 2.71 bits per heavy atom. The van der Waals surface area contributed by atoms with Gasteiger partial charge in [0.1, 0.15) is 5.69 Å². The van der Waals surface area contributed by atoms with Gasteiger partial charge in [-0.25, -0.2) is 4.98 Å². The first-order valence-electron chi connectivity index (χ1n) is 9.40. The summed E-state index contributed by atoms with van der Waals surface area (Å²) in [7, 11) is 1.74. The summed E-state index contributed by atoms with van der Waals surface area (Å²) >= 11 is 0. The van der Waals surface area contributed by atoms with Gasteiger partial charge in [-0.15, -0.1) is 4.99 Å². The SMILES string of the molecule is CN/C(=N\C#N)N[C@H]1CC[C@](CNC(=O)c2c[nH]cn2)(c2ccccc2)CC1. The maximum Gasteiger partial charge on any atom is 0.271 e. The number of H-pyrrole nitrogens is 1. The molecule has 0 unspecified atom stereocenters. The van der Waals surface area contributed by atoms with E-state index in [1.165, 1.54) is 11.9 Å². The van der Waals surface area contributed by atoms with Crippen LogP contribution in [-0.2, 0) is 5.41 Å². The number of nitrogens with zero attached hydrogens (tertiary/aromatic N) is 3. The monoisotopic (exact) mass is 379 g/mol. The van der Waals surface area contributed by atoms with Gasteiger partial charge in [-0.1, -0.05) is 30.3 Å². The van der Waals surface area contributed by atoms with Crippen LogP contribution in [0.1, 0.15) is 41.7 Å². The van der Waals surface area contributed by atoms with Crippen molar-refractivity contribution in [2.24, 2.45) is 4.99 Å². The molecule has 146 valence electrons. The zero-order chi connectivity index (χ0) is 19.8. The Hall–Kier alpha value is -3.34. The molecule has 1 aliphatic carbocycles. The topological polar surface area (TPSA) is 118 Å². The van der Waals surface area contributed by atoms with E-state index in [0.717, 1.165) is 25.7 Å². The standard InChI is InChI=1S/C20H25N7O/c1-22-19(25-13-21)27-16-7-9-20(10-8-16,15-5-3-2-4-6-15)12-24-18(28)17-11-23-14-26-17/h2-6,11,14,16H,7-10,12H2,1H3,(H,23,26)(H,24,28)(H2,22,25,27)/t16-,20-. The minimum absolute atomic E-state index is 0.127. The van der Waals surface area contributed by atoms with Gasteiger partial charge in [-0.3, -0.25) is 4.79 Å². The maximum atomic E-state index is 12.4. The Labute approximate surface area is 164 Å². The molecule has 2 aromatic rings. The number of carbonyl (C=O) groups is 1. The minimum Gasteiger partial charge on any atom is -0.359 e. The van der Waals surface area contributed by atoms with Gasteiger partial charge in [0, 0.05) is 31.2 Å². The smallest absolute Gasteiger partial charge is 0.271 e. The summed E-state index contributed by atoms with van der Waals surface area (Å²) in [6, 6.07) is 10.6. The third kappa shape index (κ3) is 4.49. The zero-order valence-corrected chi connectivity index (χ0v) is 15.9. The molecule has 0 aliphatic heterocycles. The van der Waals surface area contributed by atoms with Crippen molar-refractivity contribution < 1.29 is 4.79 Å². The molecule has 1 saturated carbocycles. The highest BCUT2D eigenvalue weighted by Crippen LogP contribution is 2.39. The number of hydrogen-bond donors (Lipinski definition) is 4. The van der Waals surface area contributed by atoms with Crippen LogP contribution < -0.4 is 16.0 Å². The van der Waals surface area contributed by atoms with Crippen molar-refractivity contribution in [2.75, 3.05) is 13.6 Å². The number of rotatable bonds is 5. The van der Waals surface area contributed by atoms with E-state index in [9.17, 15) is 4.79 Å². The quantitative estimate of drug-likeness (QED) is 0.358. The van der Waals surface area contributed by atoms with Crippen LogP contribution in [0.2, 0.25) is 0 Å². The lowest BCUT2D eigenvalue weighted by molar-refractivity contribution is 0.0930. The van der Waals surface area contributed by atoms with Gasteiger partial charge in [0.25, 0.3) is 5.91 Å². The number of aromatic amines is 1. The Bertz CT molecular complexity index is 831. The van der Waals surface area contributed by atoms with Gasteiger partial charge in [0.05, 0.1) is 6.33 Å². The average molecular weight is 379 g/mol. The molecule has 3 rings (SSSR count). The largest absolute Gasteiger partial charge is 0.359 e. The summed E-state index contributed by atoms with van der Waals surface area (Å²) < 4.78 is 0. The number of amides is 1. The van der Waals surface area contributed by atoms with E-state index in [0.29, 0.717) is 18.2 Å². The van der Waals surface area contributed by atoms with E-state index in [1.54, 1.807) is 19.4 Å². The molecule has 0 atom stereocenters. The van der Waals surface area contributed by atoms with E-state index >= 15 is 0 Å². The highest BCUT2D eigenvalue weighted by Gasteiger charge is 2.37. The second-order valence-electron chi connectivity index (χ2n) is 7.01.